The minimum Gasteiger partial charge on any atom is -0.338 e. The average Bonchev–Trinajstić information content (AvgIpc) is 2.86. The van der Waals surface area contributed by atoms with Crippen LogP contribution in [0, 0.1) is 0 Å². The van der Waals surface area contributed by atoms with Gasteiger partial charge in [-0.1, -0.05) is 54.6 Å². The van der Waals surface area contributed by atoms with Crippen LogP contribution in [0.5, 0.6) is 0 Å². The second kappa shape index (κ2) is 11.3. The van der Waals surface area contributed by atoms with E-state index in [1.54, 1.807) is 0 Å². The molecule has 4 rings (SSSR count). The number of urea groups is 1. The van der Waals surface area contributed by atoms with Gasteiger partial charge in [-0.25, -0.2) is 4.79 Å². The van der Waals surface area contributed by atoms with Crippen LogP contribution < -0.4 is 10.6 Å². The van der Waals surface area contributed by atoms with Gasteiger partial charge in [0.1, 0.15) is 0 Å². The lowest BCUT2D eigenvalue weighted by atomic mass is 9.99. The number of amides is 3. The number of fused-ring (bicyclic) bond motifs is 1. The van der Waals surface area contributed by atoms with Gasteiger partial charge >= 0.3 is 6.03 Å². The number of benzene rings is 2. The van der Waals surface area contributed by atoms with Crippen LogP contribution in [0.4, 0.5) is 4.79 Å². The van der Waals surface area contributed by atoms with E-state index in [0.717, 1.165) is 38.9 Å². The van der Waals surface area contributed by atoms with Crippen LogP contribution in [-0.2, 0) is 17.8 Å². The summed E-state index contributed by atoms with van der Waals surface area (Å²) in [5.74, 6) is 0.173. The number of hydrogen-bond donors (Lipinski definition) is 2. The molecule has 3 amide bonds. The summed E-state index contributed by atoms with van der Waals surface area (Å²) in [5.41, 5.74) is 3.93. The van der Waals surface area contributed by atoms with E-state index >= 15 is 0 Å². The topological polar surface area (TPSA) is 64.7 Å². The Labute approximate surface area is 197 Å². The van der Waals surface area contributed by atoms with Crippen molar-refractivity contribution in [3.63, 3.8) is 0 Å². The van der Waals surface area contributed by atoms with E-state index in [0.29, 0.717) is 32.0 Å². The molecular weight excluding hydrogens is 412 g/mol. The number of carbonyl (C=O) groups excluding carboxylic acids is 2. The quantitative estimate of drug-likeness (QED) is 0.632. The molecule has 6 nitrogen and oxygen atoms in total. The van der Waals surface area contributed by atoms with Crippen LogP contribution in [0.1, 0.15) is 55.3 Å². The normalized spacial score (nSPS) is 17.8. The van der Waals surface area contributed by atoms with E-state index in [9.17, 15) is 9.59 Å². The average molecular weight is 449 g/mol. The fourth-order valence-electron chi connectivity index (χ4n) is 4.92. The lowest BCUT2D eigenvalue weighted by molar-refractivity contribution is -0.132. The number of nitrogens with zero attached hydrogens (tertiary/aromatic N) is 2. The molecular formula is C27H36N4O2. The molecule has 0 bridgehead atoms. The molecule has 0 saturated carbocycles. The van der Waals surface area contributed by atoms with Crippen molar-refractivity contribution in [3.8, 4) is 0 Å². The molecule has 2 aromatic rings. The molecule has 2 N–H and O–H groups in total. The van der Waals surface area contributed by atoms with Crippen molar-refractivity contribution in [3.05, 3.63) is 71.3 Å². The second-order valence-corrected chi connectivity index (χ2v) is 9.23. The Kier molecular flexibility index (Phi) is 8.00. The summed E-state index contributed by atoms with van der Waals surface area (Å²) in [5, 5.41) is 6.04. The van der Waals surface area contributed by atoms with Gasteiger partial charge in [0.05, 0.1) is 0 Å². The van der Waals surface area contributed by atoms with E-state index in [1.807, 2.05) is 17.0 Å². The Morgan fingerprint density at radius 2 is 1.67 bits per heavy atom. The van der Waals surface area contributed by atoms with Crippen LogP contribution in [0.25, 0.3) is 0 Å². The third-order valence-electron chi connectivity index (χ3n) is 7.03. The molecule has 176 valence electrons. The van der Waals surface area contributed by atoms with E-state index < -0.39 is 0 Å². The van der Waals surface area contributed by atoms with E-state index in [4.69, 9.17) is 0 Å². The van der Waals surface area contributed by atoms with Crippen LogP contribution in [0.15, 0.2) is 54.6 Å². The number of likely N-dealkylation sites (tertiary alicyclic amines) is 1. The molecule has 2 aromatic carbocycles. The zero-order valence-corrected chi connectivity index (χ0v) is 19.6. The summed E-state index contributed by atoms with van der Waals surface area (Å²) in [7, 11) is 0. The van der Waals surface area contributed by atoms with Crippen LogP contribution in [0.2, 0.25) is 0 Å². The van der Waals surface area contributed by atoms with Gasteiger partial charge in [0.25, 0.3) is 0 Å². The summed E-state index contributed by atoms with van der Waals surface area (Å²) >= 11 is 0. The molecule has 1 fully saturated rings. The summed E-state index contributed by atoms with van der Waals surface area (Å²) < 4.78 is 0. The molecule has 2 aliphatic rings. The third-order valence-corrected chi connectivity index (χ3v) is 7.03. The first-order valence-electron chi connectivity index (χ1n) is 12.3. The van der Waals surface area contributed by atoms with E-state index in [-0.39, 0.29) is 18.0 Å². The van der Waals surface area contributed by atoms with Crippen LogP contribution in [0.3, 0.4) is 0 Å². The van der Waals surface area contributed by atoms with Crippen molar-refractivity contribution < 1.29 is 9.59 Å². The molecule has 1 unspecified atom stereocenters. The summed E-state index contributed by atoms with van der Waals surface area (Å²) in [6, 6.07) is 19.4. The van der Waals surface area contributed by atoms with Gasteiger partial charge in [-0.15, -0.1) is 0 Å². The highest BCUT2D eigenvalue weighted by Gasteiger charge is 2.24. The van der Waals surface area contributed by atoms with Gasteiger partial charge in [0.2, 0.25) is 5.91 Å². The summed E-state index contributed by atoms with van der Waals surface area (Å²) in [4.78, 5) is 29.3. The number of rotatable bonds is 7. The highest BCUT2D eigenvalue weighted by Crippen LogP contribution is 2.24. The second-order valence-electron chi connectivity index (χ2n) is 9.23. The first-order chi connectivity index (χ1) is 16.1. The van der Waals surface area contributed by atoms with Crippen molar-refractivity contribution in [2.45, 2.75) is 57.7 Å². The predicted octanol–water partition coefficient (Wildman–Crippen LogP) is 3.88. The molecule has 33 heavy (non-hydrogen) atoms. The number of hydrogen-bond acceptors (Lipinski definition) is 3. The van der Waals surface area contributed by atoms with Gasteiger partial charge in [-0.05, 0) is 49.3 Å². The number of piperidine rings is 1. The lowest BCUT2D eigenvalue weighted by Crippen LogP contribution is -2.48. The molecule has 1 saturated heterocycles. The largest absolute Gasteiger partial charge is 0.338 e. The molecule has 0 radical (unpaired) electrons. The highest BCUT2D eigenvalue weighted by molar-refractivity contribution is 5.77. The zero-order valence-electron chi connectivity index (χ0n) is 19.6. The first kappa shape index (κ1) is 23.3. The Hall–Kier alpha value is -2.86. The van der Waals surface area contributed by atoms with Crippen LogP contribution in [-0.4, -0.2) is 54.0 Å². The third kappa shape index (κ3) is 6.35. The van der Waals surface area contributed by atoms with Gasteiger partial charge in [-0.2, -0.15) is 0 Å². The smallest absolute Gasteiger partial charge is 0.315 e. The maximum absolute atomic E-state index is 12.6. The first-order valence-corrected chi connectivity index (χ1v) is 12.3. The monoisotopic (exact) mass is 448 g/mol. The summed E-state index contributed by atoms with van der Waals surface area (Å²) in [6.07, 6.45) is 3.97. The van der Waals surface area contributed by atoms with E-state index in [1.165, 1.54) is 16.7 Å². The Bertz CT molecular complexity index is 925. The van der Waals surface area contributed by atoms with Crippen molar-refractivity contribution in [2.75, 3.05) is 26.2 Å². The maximum atomic E-state index is 12.6. The van der Waals surface area contributed by atoms with Crippen molar-refractivity contribution >= 4 is 11.9 Å². The molecule has 2 heterocycles. The molecule has 0 aromatic heterocycles. The molecule has 2 aliphatic heterocycles. The lowest BCUT2D eigenvalue weighted by Gasteiger charge is -2.36. The number of nitrogens with one attached hydrogen (secondary N) is 2. The maximum Gasteiger partial charge on any atom is 0.315 e. The number of carbonyl (C=O) groups is 2. The van der Waals surface area contributed by atoms with Gasteiger partial charge in [-0.3, -0.25) is 9.69 Å². The van der Waals surface area contributed by atoms with Gasteiger partial charge < -0.3 is 15.5 Å². The van der Waals surface area contributed by atoms with Crippen molar-refractivity contribution in [1.29, 1.82) is 0 Å². The Morgan fingerprint density at radius 3 is 2.42 bits per heavy atom. The predicted molar refractivity (Wildman–Crippen MR) is 131 cm³/mol. The molecule has 0 aliphatic carbocycles. The molecule has 6 heteroatoms. The minimum absolute atomic E-state index is 0.121. The molecule has 1 atom stereocenters. The van der Waals surface area contributed by atoms with Crippen molar-refractivity contribution in [2.24, 2.45) is 0 Å². The fourth-order valence-corrected chi connectivity index (χ4v) is 4.92. The standard InChI is InChI=1S/C27H36N4O2/c1-21(22-8-3-2-4-9-22)30-18-14-25(15-19-30)29-27(33)28-16-7-12-26(32)31-17-13-23-10-5-6-11-24(23)20-31/h2-6,8-11,21,25H,7,12-20H2,1H3,(H2,28,29,33). The SMILES string of the molecule is CC(c1ccccc1)N1CCC(NC(=O)NCCCC(=O)N2CCc3ccccc3C2)CC1. The minimum atomic E-state index is -0.121. The van der Waals surface area contributed by atoms with Crippen LogP contribution >= 0.6 is 0 Å². The zero-order chi connectivity index (χ0) is 23.0. The van der Waals surface area contributed by atoms with E-state index in [2.05, 4.69) is 64.9 Å². The Balaban J connectivity index is 1.10. The van der Waals surface area contributed by atoms with Crippen molar-refractivity contribution in [1.82, 2.24) is 20.4 Å². The van der Waals surface area contributed by atoms with Gasteiger partial charge in [0.15, 0.2) is 0 Å². The highest BCUT2D eigenvalue weighted by atomic mass is 16.2. The fraction of sp³-hybridized carbons (Fsp3) is 0.481. The molecule has 0 spiro atoms. The van der Waals surface area contributed by atoms with Gasteiger partial charge in [0, 0.05) is 51.2 Å². The Morgan fingerprint density at radius 1 is 0.970 bits per heavy atom. The summed E-state index contributed by atoms with van der Waals surface area (Å²) in [6.45, 7) is 6.21.